The van der Waals surface area contributed by atoms with Crippen LogP contribution in [0.15, 0.2) is 46.8 Å². The fraction of sp³-hybridized carbons (Fsp3) is 0.333. The van der Waals surface area contributed by atoms with E-state index in [1.807, 2.05) is 0 Å². The monoisotopic (exact) mass is 333 g/mol. The summed E-state index contributed by atoms with van der Waals surface area (Å²) in [7, 11) is 1.25. The van der Waals surface area contributed by atoms with Gasteiger partial charge in [-0.25, -0.2) is 14.0 Å². The minimum atomic E-state index is -0.890. The van der Waals surface area contributed by atoms with E-state index in [9.17, 15) is 14.0 Å². The van der Waals surface area contributed by atoms with Gasteiger partial charge in [0.25, 0.3) is 0 Å². The zero-order valence-electron chi connectivity index (χ0n) is 14.1. The number of carbonyl (C=O) groups excluding carboxylic acids is 2. The number of hydrogen-bond donors (Lipinski definition) is 1. The number of benzene rings is 1. The van der Waals surface area contributed by atoms with Gasteiger partial charge in [-0.2, -0.15) is 0 Å². The molecule has 128 valence electrons. The van der Waals surface area contributed by atoms with Gasteiger partial charge in [0.15, 0.2) is 0 Å². The Balaban J connectivity index is 2.69. The third kappa shape index (κ3) is 3.18. The molecule has 1 unspecified atom stereocenters. The molecule has 1 aromatic rings. The number of esters is 2. The molecule has 1 aliphatic rings. The van der Waals surface area contributed by atoms with Crippen molar-refractivity contribution in [1.29, 1.82) is 0 Å². The van der Waals surface area contributed by atoms with Crippen LogP contribution in [0.4, 0.5) is 4.39 Å². The van der Waals surface area contributed by atoms with Gasteiger partial charge in [-0.05, 0) is 26.8 Å². The lowest BCUT2D eigenvalue weighted by Gasteiger charge is -2.30. The molecule has 2 rings (SSSR count). The molecule has 0 aliphatic carbocycles. The van der Waals surface area contributed by atoms with Crippen LogP contribution in [0.3, 0.4) is 0 Å². The molecular weight excluding hydrogens is 313 g/mol. The van der Waals surface area contributed by atoms with Crippen molar-refractivity contribution < 1.29 is 23.5 Å². The van der Waals surface area contributed by atoms with Crippen molar-refractivity contribution in [3.8, 4) is 0 Å². The van der Waals surface area contributed by atoms with Crippen molar-refractivity contribution in [3.63, 3.8) is 0 Å². The lowest BCUT2D eigenvalue weighted by Crippen LogP contribution is -2.32. The number of carbonyl (C=O) groups is 2. The lowest BCUT2D eigenvalue weighted by atomic mass is 9.80. The predicted octanol–water partition coefficient (Wildman–Crippen LogP) is 2.80. The van der Waals surface area contributed by atoms with Gasteiger partial charge in [0, 0.05) is 17.0 Å². The first kappa shape index (κ1) is 17.7. The molecule has 0 spiro atoms. The maximum Gasteiger partial charge on any atom is 0.336 e. The van der Waals surface area contributed by atoms with E-state index in [1.54, 1.807) is 39.0 Å². The Morgan fingerprint density at radius 2 is 1.71 bits per heavy atom. The summed E-state index contributed by atoms with van der Waals surface area (Å²) in [6, 6.07) is 6.05. The smallest absolute Gasteiger partial charge is 0.336 e. The van der Waals surface area contributed by atoms with Gasteiger partial charge >= 0.3 is 11.9 Å². The highest BCUT2D eigenvalue weighted by Gasteiger charge is 2.38. The van der Waals surface area contributed by atoms with Crippen LogP contribution in [0.25, 0.3) is 0 Å². The second kappa shape index (κ2) is 7.29. The molecule has 0 saturated carbocycles. The Bertz CT molecular complexity index is 736. The SMILES string of the molecule is CCOC(=O)C1=C(C)NC(C)=C(C(=O)OC)C1c1ccccc1F. The topological polar surface area (TPSA) is 64.6 Å². The fourth-order valence-corrected chi connectivity index (χ4v) is 2.87. The third-order valence-corrected chi connectivity index (χ3v) is 3.88. The summed E-state index contributed by atoms with van der Waals surface area (Å²) < 4.78 is 24.4. The second-order valence-electron chi connectivity index (χ2n) is 5.37. The van der Waals surface area contributed by atoms with E-state index in [0.717, 1.165) is 0 Å². The number of nitrogens with one attached hydrogen (secondary N) is 1. The van der Waals surface area contributed by atoms with Crippen molar-refractivity contribution in [1.82, 2.24) is 5.32 Å². The van der Waals surface area contributed by atoms with Crippen molar-refractivity contribution in [2.45, 2.75) is 26.7 Å². The number of hydrogen-bond acceptors (Lipinski definition) is 5. The Kier molecular flexibility index (Phi) is 5.39. The van der Waals surface area contributed by atoms with Crippen molar-refractivity contribution >= 4 is 11.9 Å². The second-order valence-corrected chi connectivity index (χ2v) is 5.37. The van der Waals surface area contributed by atoms with E-state index in [-0.39, 0.29) is 23.3 Å². The Morgan fingerprint density at radius 1 is 1.12 bits per heavy atom. The summed E-state index contributed by atoms with van der Waals surface area (Å²) in [5, 5.41) is 2.99. The fourth-order valence-electron chi connectivity index (χ4n) is 2.87. The molecule has 1 aromatic carbocycles. The van der Waals surface area contributed by atoms with Crippen LogP contribution in [0.2, 0.25) is 0 Å². The summed E-state index contributed by atoms with van der Waals surface area (Å²) in [6.07, 6.45) is 0. The largest absolute Gasteiger partial charge is 0.466 e. The summed E-state index contributed by atoms with van der Waals surface area (Å²) in [6.45, 7) is 5.24. The molecule has 0 bridgehead atoms. The summed E-state index contributed by atoms with van der Waals surface area (Å²) in [5.74, 6) is -2.61. The zero-order valence-corrected chi connectivity index (χ0v) is 14.1. The normalized spacial score (nSPS) is 17.5. The van der Waals surface area contributed by atoms with Gasteiger partial charge in [-0.1, -0.05) is 18.2 Å². The van der Waals surface area contributed by atoms with Gasteiger partial charge in [-0.3, -0.25) is 0 Å². The summed E-state index contributed by atoms with van der Waals surface area (Å²) >= 11 is 0. The van der Waals surface area contributed by atoms with Gasteiger partial charge in [0.05, 0.1) is 30.8 Å². The Hall–Kier alpha value is -2.63. The molecule has 1 atom stereocenters. The lowest BCUT2D eigenvalue weighted by molar-refractivity contribution is -0.139. The molecule has 1 N–H and O–H groups in total. The number of ether oxygens (including phenoxy) is 2. The number of halogens is 1. The van der Waals surface area contributed by atoms with Crippen LogP contribution in [0, 0.1) is 5.82 Å². The van der Waals surface area contributed by atoms with E-state index in [2.05, 4.69) is 5.32 Å². The minimum absolute atomic E-state index is 0.176. The van der Waals surface area contributed by atoms with Gasteiger partial charge in [0.2, 0.25) is 0 Å². The van der Waals surface area contributed by atoms with Crippen LogP contribution in [0.1, 0.15) is 32.3 Å². The van der Waals surface area contributed by atoms with Crippen molar-refractivity contribution in [3.05, 3.63) is 58.2 Å². The van der Waals surface area contributed by atoms with Crippen LogP contribution >= 0.6 is 0 Å². The van der Waals surface area contributed by atoms with Gasteiger partial charge < -0.3 is 14.8 Å². The Labute approximate surface area is 140 Å². The van der Waals surface area contributed by atoms with E-state index >= 15 is 0 Å². The van der Waals surface area contributed by atoms with Gasteiger partial charge in [0.1, 0.15) is 5.82 Å². The molecule has 24 heavy (non-hydrogen) atoms. The third-order valence-electron chi connectivity index (χ3n) is 3.88. The van der Waals surface area contributed by atoms with Gasteiger partial charge in [-0.15, -0.1) is 0 Å². The standard InChI is InChI=1S/C18H20FNO4/c1-5-24-18(22)15-11(3)20-10(2)14(17(21)23-4)16(15)12-8-6-7-9-13(12)19/h6-9,16,20H,5H2,1-4H3. The van der Waals surface area contributed by atoms with Crippen LogP contribution < -0.4 is 5.32 Å². The average Bonchev–Trinajstić information content (AvgIpc) is 2.54. The molecule has 0 fully saturated rings. The maximum absolute atomic E-state index is 14.4. The number of dihydropyridines is 1. The predicted molar refractivity (Wildman–Crippen MR) is 86.3 cm³/mol. The highest BCUT2D eigenvalue weighted by molar-refractivity contribution is 5.99. The molecule has 0 amide bonds. The van der Waals surface area contributed by atoms with Crippen molar-refractivity contribution in [2.75, 3.05) is 13.7 Å². The van der Waals surface area contributed by atoms with E-state index < -0.39 is 23.7 Å². The highest BCUT2D eigenvalue weighted by atomic mass is 19.1. The number of allylic oxidation sites excluding steroid dienone is 2. The van der Waals surface area contributed by atoms with Crippen LogP contribution in [-0.2, 0) is 19.1 Å². The summed E-state index contributed by atoms with van der Waals surface area (Å²) in [4.78, 5) is 24.7. The molecular formula is C18H20FNO4. The molecule has 1 aliphatic heterocycles. The molecule has 0 radical (unpaired) electrons. The first-order chi connectivity index (χ1) is 11.4. The molecule has 0 saturated heterocycles. The number of methoxy groups -OCH3 is 1. The zero-order chi connectivity index (χ0) is 17.9. The summed E-state index contributed by atoms with van der Waals surface area (Å²) in [5.41, 5.74) is 1.65. The Morgan fingerprint density at radius 3 is 2.25 bits per heavy atom. The molecule has 6 heteroatoms. The number of rotatable bonds is 4. The minimum Gasteiger partial charge on any atom is -0.466 e. The molecule has 0 aromatic heterocycles. The van der Waals surface area contributed by atoms with E-state index in [4.69, 9.17) is 9.47 Å². The molecule has 1 heterocycles. The highest BCUT2D eigenvalue weighted by Crippen LogP contribution is 2.40. The molecule has 5 nitrogen and oxygen atoms in total. The van der Waals surface area contributed by atoms with Crippen molar-refractivity contribution in [2.24, 2.45) is 0 Å². The van der Waals surface area contributed by atoms with E-state index in [1.165, 1.54) is 13.2 Å². The average molecular weight is 333 g/mol. The first-order valence-corrected chi connectivity index (χ1v) is 7.60. The maximum atomic E-state index is 14.4. The van der Waals surface area contributed by atoms with Crippen LogP contribution in [-0.4, -0.2) is 25.7 Å². The quantitative estimate of drug-likeness (QED) is 0.859. The van der Waals surface area contributed by atoms with Crippen LogP contribution in [0.5, 0.6) is 0 Å². The first-order valence-electron chi connectivity index (χ1n) is 7.60. The van der Waals surface area contributed by atoms with E-state index in [0.29, 0.717) is 11.4 Å².